The predicted octanol–water partition coefficient (Wildman–Crippen LogP) is 3.87. The highest BCUT2D eigenvalue weighted by Crippen LogP contribution is 2.58. The second-order valence-corrected chi connectivity index (χ2v) is 8.10. The predicted molar refractivity (Wildman–Crippen MR) is 81.8 cm³/mol. The second kappa shape index (κ2) is 4.66. The van der Waals surface area contributed by atoms with E-state index in [9.17, 15) is 4.79 Å². The maximum absolute atomic E-state index is 11.8. The van der Waals surface area contributed by atoms with Gasteiger partial charge in [-0.3, -0.25) is 4.79 Å². The SMILES string of the molecule is CC1=CC(=O)CC(C)C12CCC(C1(C)COC(C)(C)O1)C2. The van der Waals surface area contributed by atoms with Gasteiger partial charge in [0.25, 0.3) is 0 Å². The summed E-state index contributed by atoms with van der Waals surface area (Å²) in [5.74, 6) is 0.780. The van der Waals surface area contributed by atoms with Crippen molar-refractivity contribution in [3.8, 4) is 0 Å². The van der Waals surface area contributed by atoms with Gasteiger partial charge in [0.15, 0.2) is 11.6 Å². The van der Waals surface area contributed by atoms with E-state index in [1.807, 2.05) is 19.9 Å². The number of hydrogen-bond donors (Lipinski definition) is 0. The highest BCUT2D eigenvalue weighted by Gasteiger charge is 2.55. The molecule has 0 aromatic heterocycles. The number of ketones is 1. The van der Waals surface area contributed by atoms with E-state index in [4.69, 9.17) is 9.47 Å². The fraction of sp³-hybridized carbons (Fsp3) is 0.833. The summed E-state index contributed by atoms with van der Waals surface area (Å²) in [6.45, 7) is 11.3. The van der Waals surface area contributed by atoms with Crippen LogP contribution in [-0.4, -0.2) is 23.8 Å². The molecule has 0 N–H and O–H groups in total. The molecule has 21 heavy (non-hydrogen) atoms. The van der Waals surface area contributed by atoms with Crippen LogP contribution in [0.2, 0.25) is 0 Å². The Kier molecular flexibility index (Phi) is 3.38. The van der Waals surface area contributed by atoms with Crippen molar-refractivity contribution in [2.45, 2.75) is 71.7 Å². The van der Waals surface area contributed by atoms with Crippen LogP contribution in [0.4, 0.5) is 0 Å². The van der Waals surface area contributed by atoms with E-state index in [2.05, 4.69) is 20.8 Å². The molecule has 1 spiro atoms. The average Bonchev–Trinajstić information content (AvgIpc) is 2.91. The first kappa shape index (κ1) is 15.2. The highest BCUT2D eigenvalue weighted by atomic mass is 16.8. The summed E-state index contributed by atoms with van der Waals surface area (Å²) in [4.78, 5) is 11.8. The maximum atomic E-state index is 11.8. The van der Waals surface area contributed by atoms with Gasteiger partial charge in [0.1, 0.15) is 0 Å². The van der Waals surface area contributed by atoms with Gasteiger partial charge in [-0.05, 0) is 70.3 Å². The van der Waals surface area contributed by atoms with Gasteiger partial charge in [-0.2, -0.15) is 0 Å². The molecule has 3 heteroatoms. The zero-order chi connectivity index (χ0) is 15.5. The van der Waals surface area contributed by atoms with E-state index in [1.54, 1.807) is 0 Å². The monoisotopic (exact) mass is 292 g/mol. The third kappa shape index (κ3) is 2.39. The van der Waals surface area contributed by atoms with E-state index in [1.165, 1.54) is 18.4 Å². The van der Waals surface area contributed by atoms with Crippen molar-refractivity contribution in [2.24, 2.45) is 17.3 Å². The first-order valence-electron chi connectivity index (χ1n) is 8.23. The summed E-state index contributed by atoms with van der Waals surface area (Å²) < 4.78 is 12.1. The molecule has 0 aromatic rings. The van der Waals surface area contributed by atoms with Crippen molar-refractivity contribution in [3.05, 3.63) is 11.6 Å². The molecule has 0 aromatic carbocycles. The van der Waals surface area contributed by atoms with Crippen LogP contribution in [-0.2, 0) is 14.3 Å². The Bertz CT molecular complexity index is 493. The summed E-state index contributed by atoms with van der Waals surface area (Å²) in [6, 6.07) is 0. The minimum absolute atomic E-state index is 0.186. The van der Waals surface area contributed by atoms with Crippen LogP contribution in [0.25, 0.3) is 0 Å². The van der Waals surface area contributed by atoms with Crippen molar-refractivity contribution < 1.29 is 14.3 Å². The average molecular weight is 292 g/mol. The summed E-state index contributed by atoms with van der Waals surface area (Å²) >= 11 is 0. The Morgan fingerprint density at radius 1 is 1.29 bits per heavy atom. The molecule has 3 nitrogen and oxygen atoms in total. The van der Waals surface area contributed by atoms with Gasteiger partial charge in [0.05, 0.1) is 12.2 Å². The van der Waals surface area contributed by atoms with Gasteiger partial charge in [-0.1, -0.05) is 12.5 Å². The molecule has 0 radical (unpaired) electrons. The zero-order valence-electron chi connectivity index (χ0n) is 14.0. The number of ether oxygens (including phenoxy) is 2. The molecule has 3 rings (SSSR count). The molecule has 4 unspecified atom stereocenters. The van der Waals surface area contributed by atoms with Crippen LogP contribution >= 0.6 is 0 Å². The molecule has 2 aliphatic carbocycles. The minimum Gasteiger partial charge on any atom is -0.348 e. The minimum atomic E-state index is -0.469. The lowest BCUT2D eigenvalue weighted by molar-refractivity contribution is -0.168. The van der Waals surface area contributed by atoms with E-state index in [0.717, 1.165) is 6.42 Å². The lowest BCUT2D eigenvalue weighted by Gasteiger charge is -2.41. The Morgan fingerprint density at radius 2 is 2.00 bits per heavy atom. The number of hydrogen-bond acceptors (Lipinski definition) is 3. The normalized spacial score (nSPS) is 46.1. The third-order valence-electron chi connectivity index (χ3n) is 6.21. The van der Waals surface area contributed by atoms with E-state index < -0.39 is 5.79 Å². The molecular formula is C18H28O3. The van der Waals surface area contributed by atoms with E-state index >= 15 is 0 Å². The highest BCUT2D eigenvalue weighted by molar-refractivity contribution is 5.91. The number of allylic oxidation sites excluding steroid dienone is 2. The summed E-state index contributed by atoms with van der Waals surface area (Å²) in [7, 11) is 0. The van der Waals surface area contributed by atoms with Gasteiger partial charge < -0.3 is 9.47 Å². The summed E-state index contributed by atoms with van der Waals surface area (Å²) in [5, 5.41) is 0. The first-order chi connectivity index (χ1) is 9.67. The Balaban J connectivity index is 1.82. The fourth-order valence-electron chi connectivity index (χ4n) is 4.87. The van der Waals surface area contributed by atoms with Crippen molar-refractivity contribution in [2.75, 3.05) is 6.61 Å². The molecule has 3 aliphatic rings. The zero-order valence-corrected chi connectivity index (χ0v) is 14.0. The molecule has 0 bridgehead atoms. The molecule has 0 amide bonds. The van der Waals surface area contributed by atoms with Crippen LogP contribution in [0.1, 0.15) is 60.3 Å². The standard InChI is InChI=1S/C18H28O3/c1-12-8-15(19)9-13(2)18(12)7-6-14(10-18)17(5)11-20-16(3,4)21-17/h8,13-14H,6-7,9-11H2,1-5H3. The first-order valence-corrected chi connectivity index (χ1v) is 8.23. The molecule has 1 saturated heterocycles. The summed E-state index contributed by atoms with van der Waals surface area (Å²) in [5.41, 5.74) is 1.31. The van der Waals surface area contributed by atoms with Gasteiger partial charge in [-0.15, -0.1) is 0 Å². The fourth-order valence-corrected chi connectivity index (χ4v) is 4.87. The van der Waals surface area contributed by atoms with Crippen LogP contribution in [0.15, 0.2) is 11.6 Å². The molecule has 4 atom stereocenters. The van der Waals surface area contributed by atoms with Crippen molar-refractivity contribution in [3.63, 3.8) is 0 Å². The summed E-state index contributed by atoms with van der Waals surface area (Å²) in [6.07, 6.45) is 6.05. The molecule has 1 aliphatic heterocycles. The number of carbonyl (C=O) groups is 1. The van der Waals surface area contributed by atoms with Gasteiger partial charge in [0.2, 0.25) is 0 Å². The molecule has 1 saturated carbocycles. The number of carbonyl (C=O) groups excluding carboxylic acids is 1. The van der Waals surface area contributed by atoms with Crippen LogP contribution in [0, 0.1) is 17.3 Å². The van der Waals surface area contributed by atoms with Crippen molar-refractivity contribution in [1.29, 1.82) is 0 Å². The number of rotatable bonds is 1. The molecule has 1 heterocycles. The van der Waals surface area contributed by atoms with E-state index in [-0.39, 0.29) is 11.0 Å². The third-order valence-corrected chi connectivity index (χ3v) is 6.21. The van der Waals surface area contributed by atoms with Crippen molar-refractivity contribution in [1.82, 2.24) is 0 Å². The smallest absolute Gasteiger partial charge is 0.163 e. The van der Waals surface area contributed by atoms with Gasteiger partial charge in [-0.25, -0.2) is 0 Å². The van der Waals surface area contributed by atoms with Gasteiger partial charge >= 0.3 is 0 Å². The van der Waals surface area contributed by atoms with E-state index in [0.29, 0.717) is 30.6 Å². The lowest BCUT2D eigenvalue weighted by atomic mass is 9.64. The van der Waals surface area contributed by atoms with Crippen molar-refractivity contribution >= 4 is 5.78 Å². The van der Waals surface area contributed by atoms with Gasteiger partial charge in [0, 0.05) is 6.42 Å². The Labute approximate surface area is 128 Å². The van der Waals surface area contributed by atoms with Crippen LogP contribution in [0.5, 0.6) is 0 Å². The topological polar surface area (TPSA) is 35.5 Å². The van der Waals surface area contributed by atoms with Crippen LogP contribution in [0.3, 0.4) is 0 Å². The largest absolute Gasteiger partial charge is 0.348 e. The van der Waals surface area contributed by atoms with Crippen LogP contribution < -0.4 is 0 Å². The molecular weight excluding hydrogens is 264 g/mol. The second-order valence-electron chi connectivity index (χ2n) is 8.10. The Morgan fingerprint density at radius 3 is 2.57 bits per heavy atom. The lowest BCUT2D eigenvalue weighted by Crippen LogP contribution is -2.40. The molecule has 2 fully saturated rings. The maximum Gasteiger partial charge on any atom is 0.163 e. The quantitative estimate of drug-likeness (QED) is 0.736. The molecule has 118 valence electrons. The Hall–Kier alpha value is -0.670.